The zero-order valence-electron chi connectivity index (χ0n) is 17.5. The van der Waals surface area contributed by atoms with E-state index in [9.17, 15) is 13.2 Å². The summed E-state index contributed by atoms with van der Waals surface area (Å²) < 4.78 is 28.5. The largest absolute Gasteiger partial charge is 0.339 e. The number of carbonyl (C=O) groups excluding carboxylic acids is 1. The Balaban J connectivity index is 1.21. The van der Waals surface area contributed by atoms with Crippen LogP contribution in [0.3, 0.4) is 0 Å². The first kappa shape index (κ1) is 20.8. The van der Waals surface area contributed by atoms with Gasteiger partial charge in [0.05, 0.1) is 11.5 Å². The molecule has 2 aliphatic rings. The maximum atomic E-state index is 12.7. The lowest BCUT2D eigenvalue weighted by atomic mass is 10.1. The highest BCUT2D eigenvalue weighted by molar-refractivity contribution is 7.91. The zero-order chi connectivity index (χ0) is 22.1. The second-order valence-electron chi connectivity index (χ2n) is 8.39. The number of hydrogen-bond donors (Lipinski definition) is 1. The molecule has 0 bridgehead atoms. The molecule has 0 spiro atoms. The Kier molecular flexibility index (Phi) is 5.52. The molecule has 1 aromatic heterocycles. The molecule has 3 aromatic rings. The molecule has 1 saturated carbocycles. The Labute approximate surface area is 186 Å². The van der Waals surface area contributed by atoms with Crippen LogP contribution in [0.15, 0.2) is 53.1 Å². The van der Waals surface area contributed by atoms with Gasteiger partial charge in [0.1, 0.15) is 0 Å². The molecule has 9 heteroatoms. The van der Waals surface area contributed by atoms with Crippen molar-refractivity contribution in [2.45, 2.75) is 25.3 Å². The molecule has 0 radical (unpaired) electrons. The van der Waals surface area contributed by atoms with Gasteiger partial charge in [0.2, 0.25) is 11.7 Å². The quantitative estimate of drug-likeness (QED) is 0.613. The average Bonchev–Trinajstić information content (AvgIpc) is 3.53. The number of carbonyl (C=O) groups is 1. The first-order chi connectivity index (χ1) is 15.4. The molecule has 5 rings (SSSR count). The molecule has 1 aliphatic heterocycles. The Hall–Kier alpha value is -3.04. The third-order valence-electron chi connectivity index (χ3n) is 5.80. The van der Waals surface area contributed by atoms with Crippen LogP contribution >= 0.6 is 0 Å². The lowest BCUT2D eigenvalue weighted by molar-refractivity contribution is 0.102. The van der Waals surface area contributed by atoms with Crippen LogP contribution in [-0.4, -0.2) is 54.0 Å². The summed E-state index contributed by atoms with van der Waals surface area (Å²) in [6.07, 6.45) is 2.21. The molecule has 1 saturated heterocycles. The number of aromatic nitrogens is 2. The molecular weight excluding hydrogens is 428 g/mol. The minimum atomic E-state index is -2.90. The summed E-state index contributed by atoms with van der Waals surface area (Å²) in [5, 5.41) is 6.96. The molecule has 8 nitrogen and oxygen atoms in total. The summed E-state index contributed by atoms with van der Waals surface area (Å²) in [6, 6.07) is 14.8. The van der Waals surface area contributed by atoms with E-state index in [0.29, 0.717) is 48.5 Å². The van der Waals surface area contributed by atoms with Crippen LogP contribution in [0.2, 0.25) is 0 Å². The Bertz CT molecular complexity index is 1220. The van der Waals surface area contributed by atoms with Crippen molar-refractivity contribution in [3.8, 4) is 11.4 Å². The number of rotatable bonds is 6. The smallest absolute Gasteiger partial charge is 0.255 e. The van der Waals surface area contributed by atoms with Crippen LogP contribution in [-0.2, 0) is 16.4 Å². The molecule has 0 atom stereocenters. The van der Waals surface area contributed by atoms with Crippen molar-refractivity contribution in [1.29, 1.82) is 0 Å². The molecule has 166 valence electrons. The van der Waals surface area contributed by atoms with Crippen LogP contribution in [0.25, 0.3) is 11.4 Å². The average molecular weight is 453 g/mol. The van der Waals surface area contributed by atoms with Gasteiger partial charge in [0.15, 0.2) is 9.84 Å². The van der Waals surface area contributed by atoms with Crippen molar-refractivity contribution in [2.75, 3.05) is 29.9 Å². The molecule has 1 N–H and O–H groups in total. The number of hydrogen-bond acceptors (Lipinski definition) is 7. The van der Waals surface area contributed by atoms with Crippen LogP contribution in [0, 0.1) is 0 Å². The molecule has 2 heterocycles. The summed E-state index contributed by atoms with van der Waals surface area (Å²) in [5.41, 5.74) is 3.06. The summed E-state index contributed by atoms with van der Waals surface area (Å²) >= 11 is 0. The second-order valence-corrected chi connectivity index (χ2v) is 10.7. The van der Waals surface area contributed by atoms with Crippen molar-refractivity contribution >= 4 is 21.4 Å². The predicted octanol–water partition coefficient (Wildman–Crippen LogP) is 3.10. The van der Waals surface area contributed by atoms with Crippen molar-refractivity contribution < 1.29 is 17.7 Å². The summed E-state index contributed by atoms with van der Waals surface area (Å²) in [5.74, 6) is 1.85. The van der Waals surface area contributed by atoms with Gasteiger partial charge in [-0.1, -0.05) is 17.3 Å². The van der Waals surface area contributed by atoms with Crippen molar-refractivity contribution in [3.05, 3.63) is 65.5 Å². The van der Waals surface area contributed by atoms with Crippen LogP contribution in [0.4, 0.5) is 5.69 Å². The minimum absolute atomic E-state index is 0.189. The molecule has 2 aromatic carbocycles. The number of nitrogens with one attached hydrogen (secondary N) is 1. The Morgan fingerprint density at radius 1 is 1.09 bits per heavy atom. The highest BCUT2D eigenvalue weighted by atomic mass is 32.2. The van der Waals surface area contributed by atoms with Gasteiger partial charge in [-0.3, -0.25) is 9.69 Å². The number of nitrogens with zero attached hydrogens (tertiary/aromatic N) is 3. The summed E-state index contributed by atoms with van der Waals surface area (Å²) in [4.78, 5) is 19.3. The lowest BCUT2D eigenvalue weighted by Crippen LogP contribution is -2.39. The van der Waals surface area contributed by atoms with E-state index in [4.69, 9.17) is 4.52 Å². The summed E-state index contributed by atoms with van der Waals surface area (Å²) in [6.45, 7) is 1.67. The third-order valence-corrected chi connectivity index (χ3v) is 7.41. The van der Waals surface area contributed by atoms with Crippen molar-refractivity contribution in [1.82, 2.24) is 15.0 Å². The predicted molar refractivity (Wildman–Crippen MR) is 120 cm³/mol. The maximum absolute atomic E-state index is 12.7. The normalized spacial score (nSPS) is 18.4. The van der Waals surface area contributed by atoms with Gasteiger partial charge >= 0.3 is 0 Å². The Morgan fingerprint density at radius 2 is 1.84 bits per heavy atom. The minimum Gasteiger partial charge on any atom is -0.339 e. The van der Waals surface area contributed by atoms with Gasteiger partial charge in [-0.15, -0.1) is 0 Å². The monoisotopic (exact) mass is 452 g/mol. The molecular formula is C23H24N4O4S. The second kappa shape index (κ2) is 8.48. The molecule has 0 unspecified atom stereocenters. The number of anilines is 1. The fourth-order valence-corrected chi connectivity index (χ4v) is 5.01. The number of sulfone groups is 1. The molecule has 1 amide bonds. The topological polar surface area (TPSA) is 105 Å². The maximum Gasteiger partial charge on any atom is 0.255 e. The van der Waals surface area contributed by atoms with E-state index in [1.807, 2.05) is 42.5 Å². The number of benzene rings is 2. The van der Waals surface area contributed by atoms with E-state index in [-0.39, 0.29) is 17.4 Å². The van der Waals surface area contributed by atoms with Crippen molar-refractivity contribution in [2.24, 2.45) is 0 Å². The van der Waals surface area contributed by atoms with E-state index in [1.165, 1.54) is 0 Å². The van der Waals surface area contributed by atoms with Gasteiger partial charge in [-0.2, -0.15) is 4.98 Å². The highest BCUT2D eigenvalue weighted by Crippen LogP contribution is 2.39. The van der Waals surface area contributed by atoms with Gasteiger partial charge in [0.25, 0.3) is 5.91 Å². The number of amides is 1. The Morgan fingerprint density at radius 3 is 2.56 bits per heavy atom. The SMILES string of the molecule is O=C(Nc1ccc(-c2noc(C3CC3)n2)cc1)c1cccc(CN2CCS(=O)(=O)CC2)c1. The fourth-order valence-electron chi connectivity index (χ4n) is 3.73. The highest BCUT2D eigenvalue weighted by Gasteiger charge is 2.29. The van der Waals surface area contributed by atoms with E-state index >= 15 is 0 Å². The van der Waals surface area contributed by atoms with Crippen LogP contribution in [0.5, 0.6) is 0 Å². The van der Waals surface area contributed by atoms with Crippen molar-refractivity contribution in [3.63, 3.8) is 0 Å². The van der Waals surface area contributed by atoms with E-state index in [0.717, 1.165) is 24.0 Å². The first-order valence-corrected chi connectivity index (χ1v) is 12.5. The van der Waals surface area contributed by atoms with E-state index in [2.05, 4.69) is 20.4 Å². The van der Waals surface area contributed by atoms with E-state index in [1.54, 1.807) is 6.07 Å². The molecule has 32 heavy (non-hydrogen) atoms. The third kappa shape index (κ3) is 4.89. The van der Waals surface area contributed by atoms with Gasteiger partial charge in [-0.25, -0.2) is 8.42 Å². The van der Waals surface area contributed by atoms with Gasteiger partial charge in [-0.05, 0) is 54.8 Å². The van der Waals surface area contributed by atoms with Gasteiger partial charge < -0.3 is 9.84 Å². The molecule has 2 fully saturated rings. The zero-order valence-corrected chi connectivity index (χ0v) is 18.3. The van der Waals surface area contributed by atoms with Crippen LogP contribution < -0.4 is 5.32 Å². The summed E-state index contributed by atoms with van der Waals surface area (Å²) in [7, 11) is -2.90. The van der Waals surface area contributed by atoms with E-state index < -0.39 is 9.84 Å². The lowest BCUT2D eigenvalue weighted by Gasteiger charge is -2.26. The molecule has 1 aliphatic carbocycles. The van der Waals surface area contributed by atoms with Crippen LogP contribution in [0.1, 0.15) is 40.6 Å². The standard InChI is InChI=1S/C23H24N4O4S/c28-22(19-3-1-2-16(14-19)15-27-10-12-32(29,30)13-11-27)24-20-8-6-17(7-9-20)21-25-23(31-26-21)18-4-5-18/h1-3,6-9,14,18H,4-5,10-13,15H2,(H,24,28). The fraction of sp³-hybridized carbons (Fsp3) is 0.348. The van der Waals surface area contributed by atoms with Gasteiger partial charge in [0, 0.05) is 42.4 Å². The first-order valence-electron chi connectivity index (χ1n) is 10.7.